The SMILES string of the molecule is CC(O)(c1cc(Cl)c(NC(=O)CC2CCCCC2)c(Cl)c1)C(F)(F)F. The maximum atomic E-state index is 12.9. The van der Waals surface area contributed by atoms with Crippen LogP contribution >= 0.6 is 23.2 Å². The molecule has 2 rings (SSSR count). The van der Waals surface area contributed by atoms with E-state index in [0.29, 0.717) is 19.3 Å². The fourth-order valence-corrected chi connectivity index (χ4v) is 3.56. The molecule has 1 aromatic rings. The van der Waals surface area contributed by atoms with E-state index in [2.05, 4.69) is 5.32 Å². The van der Waals surface area contributed by atoms with E-state index in [9.17, 15) is 23.1 Å². The fraction of sp³-hybridized carbons (Fsp3) is 0.588. The average molecular weight is 398 g/mol. The first kappa shape index (κ1) is 20.3. The Bertz CT molecular complexity index is 618. The summed E-state index contributed by atoms with van der Waals surface area (Å²) in [5.74, 6) is 0.0302. The Morgan fingerprint density at radius 3 is 2.20 bits per heavy atom. The molecule has 1 aromatic carbocycles. The number of benzene rings is 1. The molecule has 1 aliphatic carbocycles. The Morgan fingerprint density at radius 2 is 1.72 bits per heavy atom. The van der Waals surface area contributed by atoms with Crippen LogP contribution in [-0.4, -0.2) is 17.2 Å². The Balaban J connectivity index is 2.16. The number of amides is 1. The lowest BCUT2D eigenvalue weighted by molar-refractivity contribution is -0.258. The summed E-state index contributed by atoms with van der Waals surface area (Å²) in [7, 11) is 0. The number of aliphatic hydroxyl groups is 1. The monoisotopic (exact) mass is 397 g/mol. The molecule has 1 aliphatic rings. The van der Waals surface area contributed by atoms with Crippen LogP contribution in [-0.2, 0) is 10.4 Å². The predicted octanol–water partition coefficient (Wildman–Crippen LogP) is 5.67. The number of carbonyl (C=O) groups excluding carboxylic acids is 1. The van der Waals surface area contributed by atoms with Crippen LogP contribution in [0.5, 0.6) is 0 Å². The molecule has 1 fully saturated rings. The number of rotatable bonds is 4. The van der Waals surface area contributed by atoms with Crippen LogP contribution < -0.4 is 5.32 Å². The maximum Gasteiger partial charge on any atom is 0.421 e. The third-order valence-electron chi connectivity index (χ3n) is 4.62. The van der Waals surface area contributed by atoms with Gasteiger partial charge in [0.1, 0.15) is 0 Å². The number of alkyl halides is 3. The summed E-state index contributed by atoms with van der Waals surface area (Å²) < 4.78 is 38.8. The van der Waals surface area contributed by atoms with E-state index in [4.69, 9.17) is 23.2 Å². The average Bonchev–Trinajstić information content (AvgIpc) is 2.50. The van der Waals surface area contributed by atoms with Gasteiger partial charge in [-0.15, -0.1) is 0 Å². The highest BCUT2D eigenvalue weighted by Gasteiger charge is 2.51. The third-order valence-corrected chi connectivity index (χ3v) is 5.22. The van der Waals surface area contributed by atoms with Gasteiger partial charge in [-0.3, -0.25) is 4.79 Å². The molecule has 0 bridgehead atoms. The van der Waals surface area contributed by atoms with E-state index >= 15 is 0 Å². The molecule has 1 amide bonds. The molecule has 1 atom stereocenters. The zero-order valence-electron chi connectivity index (χ0n) is 13.7. The summed E-state index contributed by atoms with van der Waals surface area (Å²) in [4.78, 5) is 12.2. The van der Waals surface area contributed by atoms with Gasteiger partial charge in [-0.05, 0) is 43.4 Å². The fourth-order valence-electron chi connectivity index (χ4n) is 2.98. The number of nitrogens with one attached hydrogen (secondary N) is 1. The van der Waals surface area contributed by atoms with Gasteiger partial charge in [-0.2, -0.15) is 13.2 Å². The summed E-state index contributed by atoms with van der Waals surface area (Å²) in [6.07, 6.45) is 0.794. The number of hydrogen-bond donors (Lipinski definition) is 2. The van der Waals surface area contributed by atoms with Gasteiger partial charge in [0.15, 0.2) is 5.60 Å². The number of anilines is 1. The van der Waals surface area contributed by atoms with Crippen LogP contribution in [0.25, 0.3) is 0 Å². The van der Waals surface area contributed by atoms with E-state index in [-0.39, 0.29) is 21.6 Å². The van der Waals surface area contributed by atoms with Crippen molar-refractivity contribution in [3.05, 3.63) is 27.7 Å². The van der Waals surface area contributed by atoms with Gasteiger partial charge in [0.2, 0.25) is 5.91 Å². The molecule has 2 N–H and O–H groups in total. The highest BCUT2D eigenvalue weighted by Crippen LogP contribution is 2.42. The van der Waals surface area contributed by atoms with Gasteiger partial charge in [0, 0.05) is 6.42 Å². The van der Waals surface area contributed by atoms with Gasteiger partial charge in [-0.25, -0.2) is 0 Å². The van der Waals surface area contributed by atoms with E-state index in [1.54, 1.807) is 0 Å². The molecule has 140 valence electrons. The Kier molecular flexibility index (Phi) is 6.28. The van der Waals surface area contributed by atoms with E-state index in [0.717, 1.165) is 37.8 Å². The van der Waals surface area contributed by atoms with Crippen molar-refractivity contribution >= 4 is 34.8 Å². The van der Waals surface area contributed by atoms with Crippen molar-refractivity contribution in [2.45, 2.75) is 57.2 Å². The standard InChI is InChI=1S/C17H20Cl2F3NO2/c1-16(25,17(20,21)22)11-8-12(18)15(13(19)9-11)23-14(24)7-10-5-3-2-4-6-10/h8-10,25H,2-7H2,1H3,(H,23,24). The van der Waals surface area contributed by atoms with Crippen LogP contribution in [0.2, 0.25) is 10.0 Å². The minimum Gasteiger partial charge on any atom is -0.376 e. The smallest absolute Gasteiger partial charge is 0.376 e. The van der Waals surface area contributed by atoms with Crippen molar-refractivity contribution < 1.29 is 23.1 Å². The summed E-state index contributed by atoms with van der Waals surface area (Å²) in [6.45, 7) is 0.621. The van der Waals surface area contributed by atoms with Crippen molar-refractivity contribution in [2.75, 3.05) is 5.32 Å². The predicted molar refractivity (Wildman–Crippen MR) is 91.9 cm³/mol. The van der Waals surface area contributed by atoms with E-state index in [1.807, 2.05) is 0 Å². The molecule has 0 spiro atoms. The molecular weight excluding hydrogens is 378 g/mol. The van der Waals surface area contributed by atoms with Crippen LogP contribution in [0.15, 0.2) is 12.1 Å². The molecule has 1 unspecified atom stereocenters. The van der Waals surface area contributed by atoms with E-state index < -0.39 is 17.3 Å². The van der Waals surface area contributed by atoms with Gasteiger partial charge in [-0.1, -0.05) is 42.5 Å². The molecule has 0 radical (unpaired) electrons. The van der Waals surface area contributed by atoms with Crippen molar-refractivity contribution in [1.82, 2.24) is 0 Å². The highest BCUT2D eigenvalue weighted by atomic mass is 35.5. The van der Waals surface area contributed by atoms with Crippen LogP contribution in [0.1, 0.15) is 51.0 Å². The zero-order valence-corrected chi connectivity index (χ0v) is 15.2. The molecule has 0 saturated heterocycles. The molecule has 0 aliphatic heterocycles. The molecule has 1 saturated carbocycles. The summed E-state index contributed by atoms with van der Waals surface area (Å²) in [5, 5.41) is 12.0. The van der Waals surface area contributed by atoms with Crippen molar-refractivity contribution in [3.63, 3.8) is 0 Å². The lowest BCUT2D eigenvalue weighted by Crippen LogP contribution is -2.39. The minimum atomic E-state index is -4.88. The van der Waals surface area contributed by atoms with Gasteiger partial charge in [0.05, 0.1) is 15.7 Å². The Morgan fingerprint density at radius 1 is 1.20 bits per heavy atom. The van der Waals surface area contributed by atoms with Crippen LogP contribution in [0.4, 0.5) is 18.9 Å². The largest absolute Gasteiger partial charge is 0.421 e. The Labute approximate surface area is 154 Å². The minimum absolute atomic E-state index is 0.0610. The third kappa shape index (κ3) is 4.80. The summed E-state index contributed by atoms with van der Waals surface area (Å²) in [5.41, 5.74) is -3.52. The lowest BCUT2D eigenvalue weighted by Gasteiger charge is -2.27. The molecule has 8 heteroatoms. The first-order valence-corrected chi connectivity index (χ1v) is 8.86. The topological polar surface area (TPSA) is 49.3 Å². The van der Waals surface area contributed by atoms with E-state index in [1.165, 1.54) is 6.42 Å². The number of carbonyl (C=O) groups is 1. The molecule has 0 heterocycles. The second-order valence-corrected chi connectivity index (χ2v) is 7.46. The highest BCUT2D eigenvalue weighted by molar-refractivity contribution is 6.39. The summed E-state index contributed by atoms with van der Waals surface area (Å²) >= 11 is 12.0. The second-order valence-electron chi connectivity index (χ2n) is 6.64. The first-order valence-electron chi connectivity index (χ1n) is 8.11. The van der Waals surface area contributed by atoms with Gasteiger partial charge < -0.3 is 10.4 Å². The molecule has 25 heavy (non-hydrogen) atoms. The molecule has 0 aromatic heterocycles. The number of halogens is 5. The summed E-state index contributed by atoms with van der Waals surface area (Å²) in [6, 6.07) is 1.94. The zero-order chi connectivity index (χ0) is 18.8. The Hall–Kier alpha value is -0.980. The van der Waals surface area contributed by atoms with Crippen LogP contribution in [0, 0.1) is 5.92 Å². The number of hydrogen-bond acceptors (Lipinski definition) is 2. The molecular formula is C17H20Cl2F3NO2. The van der Waals surface area contributed by atoms with Crippen LogP contribution in [0.3, 0.4) is 0 Å². The molecule has 3 nitrogen and oxygen atoms in total. The second kappa shape index (κ2) is 7.72. The normalized spacial score (nSPS) is 18.7. The van der Waals surface area contributed by atoms with Gasteiger partial charge >= 0.3 is 6.18 Å². The van der Waals surface area contributed by atoms with Crippen molar-refractivity contribution in [3.8, 4) is 0 Å². The quantitative estimate of drug-likeness (QED) is 0.687. The first-order chi connectivity index (χ1) is 11.5. The maximum absolute atomic E-state index is 12.9. The lowest BCUT2D eigenvalue weighted by atomic mass is 9.87. The van der Waals surface area contributed by atoms with Crippen molar-refractivity contribution in [2.24, 2.45) is 5.92 Å². The van der Waals surface area contributed by atoms with Gasteiger partial charge in [0.25, 0.3) is 0 Å². The van der Waals surface area contributed by atoms with Crippen molar-refractivity contribution in [1.29, 1.82) is 0 Å².